The van der Waals surface area contributed by atoms with E-state index < -0.39 is 22.2 Å². The Hall–Kier alpha value is -0.260. The van der Waals surface area contributed by atoms with E-state index >= 15 is 0 Å². The van der Waals surface area contributed by atoms with Crippen LogP contribution in [0.1, 0.15) is 43.8 Å². The summed E-state index contributed by atoms with van der Waals surface area (Å²) in [5.74, 6) is -0.631. The van der Waals surface area contributed by atoms with Crippen molar-refractivity contribution in [2.24, 2.45) is 5.14 Å². The smallest absolute Gasteiger partial charge is 0.333 e. The number of halogens is 1. The summed E-state index contributed by atoms with van der Waals surface area (Å²) in [6.45, 7) is -0.143. The van der Waals surface area contributed by atoms with Crippen molar-refractivity contribution in [3.8, 4) is 0 Å². The average Bonchev–Trinajstić information content (AvgIpc) is 2.84. The first kappa shape index (κ1) is 17.6. The summed E-state index contributed by atoms with van der Waals surface area (Å²) in [7, 11) is -4.01. The molecule has 1 aliphatic heterocycles. The van der Waals surface area contributed by atoms with E-state index in [9.17, 15) is 8.42 Å². The molecule has 0 aromatic heterocycles. The summed E-state index contributed by atoms with van der Waals surface area (Å²) >= 11 is 2.24. The highest BCUT2D eigenvalue weighted by Gasteiger charge is 2.49. The van der Waals surface area contributed by atoms with Gasteiger partial charge >= 0.3 is 10.3 Å². The molecule has 6 nitrogen and oxygen atoms in total. The van der Waals surface area contributed by atoms with Gasteiger partial charge in [0.25, 0.3) is 0 Å². The van der Waals surface area contributed by atoms with Crippen molar-refractivity contribution in [1.29, 1.82) is 0 Å². The van der Waals surface area contributed by atoms with E-state index in [1.807, 2.05) is 24.3 Å². The van der Waals surface area contributed by atoms with Crippen LogP contribution in [0, 0.1) is 3.57 Å². The second-order valence-electron chi connectivity index (χ2n) is 5.96. The molecule has 2 unspecified atom stereocenters. The lowest BCUT2D eigenvalue weighted by Gasteiger charge is -2.32. The van der Waals surface area contributed by atoms with Gasteiger partial charge in [-0.2, -0.15) is 8.42 Å². The van der Waals surface area contributed by atoms with Crippen molar-refractivity contribution in [3.63, 3.8) is 0 Å². The van der Waals surface area contributed by atoms with Crippen LogP contribution in [0.15, 0.2) is 24.3 Å². The SMILES string of the molecule is NS(=O)(=O)OCC1OC2(CCCCC2)OC1c1ccccc1I. The fourth-order valence-corrected chi connectivity index (χ4v) is 4.27. The molecular formula is C15H20INO5S. The lowest BCUT2D eigenvalue weighted by molar-refractivity contribution is -0.196. The zero-order chi connectivity index (χ0) is 16.5. The normalized spacial score (nSPS) is 27.4. The van der Waals surface area contributed by atoms with Gasteiger partial charge in [-0.05, 0) is 47.1 Å². The number of rotatable bonds is 4. The average molecular weight is 453 g/mol. The fraction of sp³-hybridized carbons (Fsp3) is 0.600. The minimum atomic E-state index is -4.01. The molecule has 2 aliphatic rings. The molecule has 1 spiro atoms. The number of hydrogen-bond acceptors (Lipinski definition) is 5. The lowest BCUT2D eigenvalue weighted by Crippen LogP contribution is -2.34. The highest BCUT2D eigenvalue weighted by atomic mass is 127. The fourth-order valence-electron chi connectivity index (χ4n) is 3.25. The third-order valence-electron chi connectivity index (χ3n) is 4.27. The summed E-state index contributed by atoms with van der Waals surface area (Å²) < 4.78 is 40.5. The third kappa shape index (κ3) is 4.23. The van der Waals surface area contributed by atoms with E-state index in [1.165, 1.54) is 6.42 Å². The van der Waals surface area contributed by atoms with Crippen LogP contribution in [0.25, 0.3) is 0 Å². The summed E-state index contributed by atoms with van der Waals surface area (Å²) in [6, 6.07) is 7.85. The predicted octanol–water partition coefficient (Wildman–Crippen LogP) is 2.63. The van der Waals surface area contributed by atoms with Crippen LogP contribution in [0.3, 0.4) is 0 Å². The predicted molar refractivity (Wildman–Crippen MR) is 92.7 cm³/mol. The third-order valence-corrected chi connectivity index (χ3v) is 5.72. The molecular weight excluding hydrogens is 433 g/mol. The molecule has 1 saturated heterocycles. The maximum atomic E-state index is 11.1. The topological polar surface area (TPSA) is 87.9 Å². The largest absolute Gasteiger partial charge is 0.341 e. The van der Waals surface area contributed by atoms with Crippen LogP contribution in [0.4, 0.5) is 0 Å². The molecule has 23 heavy (non-hydrogen) atoms. The van der Waals surface area contributed by atoms with Crippen molar-refractivity contribution in [3.05, 3.63) is 33.4 Å². The van der Waals surface area contributed by atoms with Gasteiger partial charge in [-0.3, -0.25) is 4.18 Å². The van der Waals surface area contributed by atoms with Crippen molar-refractivity contribution in [1.82, 2.24) is 0 Å². The molecule has 0 amide bonds. The van der Waals surface area contributed by atoms with Gasteiger partial charge in [0.05, 0.1) is 6.61 Å². The molecule has 0 radical (unpaired) electrons. The Labute approximate surface area is 150 Å². The van der Waals surface area contributed by atoms with Crippen LogP contribution < -0.4 is 5.14 Å². The first-order valence-corrected chi connectivity index (χ1v) is 10.2. The molecule has 1 saturated carbocycles. The number of hydrogen-bond donors (Lipinski definition) is 1. The highest BCUT2D eigenvalue weighted by molar-refractivity contribution is 14.1. The molecule has 0 bridgehead atoms. The molecule has 1 aromatic rings. The standard InChI is InChI=1S/C15H20INO5S/c16-12-7-3-2-6-11(12)14-13(10-20-23(17,18)19)21-15(22-14)8-4-1-5-9-15/h2-3,6-7,13-14H,1,4-5,8-10H2,(H2,17,18,19). The molecule has 1 heterocycles. The van der Waals surface area contributed by atoms with E-state index in [4.69, 9.17) is 18.8 Å². The van der Waals surface area contributed by atoms with Gasteiger partial charge < -0.3 is 9.47 Å². The van der Waals surface area contributed by atoms with E-state index in [-0.39, 0.29) is 12.7 Å². The lowest BCUT2D eigenvalue weighted by atomic mass is 9.94. The Morgan fingerprint density at radius 2 is 1.91 bits per heavy atom. The first-order valence-electron chi connectivity index (χ1n) is 7.66. The summed E-state index contributed by atoms with van der Waals surface area (Å²) in [6.07, 6.45) is 4.03. The van der Waals surface area contributed by atoms with Crippen molar-refractivity contribution in [2.45, 2.75) is 50.1 Å². The van der Waals surface area contributed by atoms with Gasteiger partial charge in [-0.15, -0.1) is 0 Å². The number of ether oxygens (including phenoxy) is 2. The summed E-state index contributed by atoms with van der Waals surface area (Å²) in [5, 5.41) is 4.95. The van der Waals surface area contributed by atoms with E-state index in [1.54, 1.807) is 0 Å². The summed E-state index contributed by atoms with van der Waals surface area (Å²) in [5.41, 5.74) is 0.985. The van der Waals surface area contributed by atoms with Gasteiger partial charge in [-0.25, -0.2) is 5.14 Å². The number of benzene rings is 1. The van der Waals surface area contributed by atoms with Crippen LogP contribution in [0.5, 0.6) is 0 Å². The summed E-state index contributed by atoms with van der Waals surface area (Å²) in [4.78, 5) is 0. The van der Waals surface area contributed by atoms with E-state index in [0.29, 0.717) is 0 Å². The Bertz CT molecular complexity index is 660. The van der Waals surface area contributed by atoms with Gasteiger partial charge in [0, 0.05) is 16.4 Å². The first-order chi connectivity index (χ1) is 10.9. The Morgan fingerprint density at radius 3 is 2.57 bits per heavy atom. The van der Waals surface area contributed by atoms with Crippen molar-refractivity contribution in [2.75, 3.05) is 6.61 Å². The second-order valence-corrected chi connectivity index (χ2v) is 8.35. The van der Waals surface area contributed by atoms with Crippen LogP contribution in [0.2, 0.25) is 0 Å². The molecule has 1 aliphatic carbocycles. The van der Waals surface area contributed by atoms with Crippen LogP contribution in [-0.4, -0.2) is 26.9 Å². The molecule has 128 valence electrons. The molecule has 3 rings (SSSR count). The maximum Gasteiger partial charge on any atom is 0.333 e. The molecule has 2 N–H and O–H groups in total. The van der Waals surface area contributed by atoms with Gasteiger partial charge in [0.2, 0.25) is 0 Å². The zero-order valence-corrected chi connectivity index (χ0v) is 15.6. The Balaban J connectivity index is 1.85. The van der Waals surface area contributed by atoms with Crippen LogP contribution in [-0.2, 0) is 24.0 Å². The maximum absolute atomic E-state index is 11.1. The Morgan fingerprint density at radius 1 is 1.22 bits per heavy atom. The zero-order valence-electron chi connectivity index (χ0n) is 12.6. The van der Waals surface area contributed by atoms with Gasteiger partial charge in [-0.1, -0.05) is 24.6 Å². The highest BCUT2D eigenvalue weighted by Crippen LogP contribution is 2.46. The minimum absolute atomic E-state index is 0.143. The monoisotopic (exact) mass is 453 g/mol. The van der Waals surface area contributed by atoms with Crippen LogP contribution >= 0.6 is 22.6 Å². The quantitative estimate of drug-likeness (QED) is 0.709. The van der Waals surface area contributed by atoms with E-state index in [2.05, 4.69) is 22.6 Å². The number of nitrogens with two attached hydrogens (primary N) is 1. The molecule has 2 atom stereocenters. The van der Waals surface area contributed by atoms with Gasteiger partial charge in [0.15, 0.2) is 5.79 Å². The molecule has 8 heteroatoms. The van der Waals surface area contributed by atoms with Gasteiger partial charge in [0.1, 0.15) is 12.2 Å². The van der Waals surface area contributed by atoms with Crippen molar-refractivity contribution >= 4 is 32.9 Å². The van der Waals surface area contributed by atoms with Crippen molar-refractivity contribution < 1.29 is 22.1 Å². The Kier molecular flexibility index (Phi) is 5.29. The molecule has 1 aromatic carbocycles. The molecule has 2 fully saturated rings. The minimum Gasteiger partial charge on any atom is -0.341 e. The van der Waals surface area contributed by atoms with E-state index in [0.717, 1.165) is 34.8 Å². The second kappa shape index (κ2) is 6.93.